The maximum Gasteiger partial charge on any atom is 0.303 e. The summed E-state index contributed by atoms with van der Waals surface area (Å²) in [4.78, 5) is 37.0. The Bertz CT molecular complexity index is 936. The van der Waals surface area contributed by atoms with Crippen molar-refractivity contribution in [2.75, 3.05) is 6.54 Å². The Hall–Kier alpha value is -3.22. The summed E-state index contributed by atoms with van der Waals surface area (Å²) in [5.41, 5.74) is 2.03. The molecule has 2 heterocycles. The summed E-state index contributed by atoms with van der Waals surface area (Å²) in [5, 5.41) is 13.0. The molecule has 0 aliphatic carbocycles. The first-order valence-corrected chi connectivity index (χ1v) is 11.3. The number of aliphatic carboxylic acids is 1. The van der Waals surface area contributed by atoms with Crippen molar-refractivity contribution in [3.63, 3.8) is 0 Å². The molecule has 0 unspecified atom stereocenters. The molecule has 3 rings (SSSR count). The fraction of sp³-hybridized carbons (Fsp3) is 0.440. The molecule has 32 heavy (non-hydrogen) atoms. The van der Waals surface area contributed by atoms with Gasteiger partial charge in [-0.2, -0.15) is 5.10 Å². The molecule has 0 bridgehead atoms. The number of hydrogen-bond donors (Lipinski definition) is 1. The number of hydrogen-bond acceptors (Lipinski definition) is 4. The molecule has 1 N–H and O–H groups in total. The zero-order chi connectivity index (χ0) is 22.8. The average molecular weight is 438 g/mol. The maximum atomic E-state index is 12.4. The van der Waals surface area contributed by atoms with Crippen molar-refractivity contribution in [2.24, 2.45) is 0 Å². The van der Waals surface area contributed by atoms with Crippen molar-refractivity contribution in [1.29, 1.82) is 0 Å². The van der Waals surface area contributed by atoms with Crippen molar-refractivity contribution < 1.29 is 19.5 Å². The van der Waals surface area contributed by atoms with Crippen LogP contribution in [-0.4, -0.2) is 50.0 Å². The molecule has 1 aliphatic rings. The highest BCUT2D eigenvalue weighted by atomic mass is 16.4. The normalized spacial score (nSPS) is 16.2. The van der Waals surface area contributed by atoms with Crippen molar-refractivity contribution in [3.05, 3.63) is 66.0 Å². The predicted octanol–water partition coefficient (Wildman–Crippen LogP) is 3.63. The first-order valence-electron chi connectivity index (χ1n) is 11.3. The maximum absolute atomic E-state index is 12.4. The largest absolute Gasteiger partial charge is 0.481 e. The zero-order valence-electron chi connectivity index (χ0n) is 18.4. The zero-order valence-corrected chi connectivity index (χ0v) is 18.4. The van der Waals surface area contributed by atoms with E-state index >= 15 is 0 Å². The van der Waals surface area contributed by atoms with Crippen LogP contribution in [0, 0.1) is 0 Å². The number of benzene rings is 1. The summed E-state index contributed by atoms with van der Waals surface area (Å²) in [6.45, 7) is 1.32. The molecule has 1 aromatic heterocycles. The van der Waals surface area contributed by atoms with Crippen LogP contribution in [-0.2, 0) is 27.3 Å². The molecule has 0 saturated carbocycles. The Morgan fingerprint density at radius 3 is 2.66 bits per heavy atom. The number of rotatable bonds is 13. The van der Waals surface area contributed by atoms with Crippen molar-refractivity contribution in [3.8, 4) is 0 Å². The number of ketones is 1. The molecule has 1 saturated heterocycles. The summed E-state index contributed by atoms with van der Waals surface area (Å²) in [6, 6.07) is 10.0. The van der Waals surface area contributed by atoms with Crippen LogP contribution in [0.5, 0.6) is 0 Å². The number of unbranched alkanes of at least 4 members (excludes halogenated alkanes) is 3. The number of nitrogens with zero attached hydrogens (tertiary/aromatic N) is 3. The molecular formula is C25H31N3O4. The molecule has 1 atom stereocenters. The minimum absolute atomic E-state index is 0.00256. The van der Waals surface area contributed by atoms with Crippen LogP contribution < -0.4 is 0 Å². The van der Waals surface area contributed by atoms with E-state index in [2.05, 4.69) is 5.10 Å². The van der Waals surface area contributed by atoms with Gasteiger partial charge in [0.1, 0.15) is 0 Å². The van der Waals surface area contributed by atoms with E-state index in [1.165, 1.54) is 0 Å². The number of allylic oxidation sites excluding steroid dienone is 1. The summed E-state index contributed by atoms with van der Waals surface area (Å²) >= 11 is 0. The standard InChI is InChI=1S/C25H31N3O4/c29-23(16-21-17-26-27(19-21)18-20-8-4-3-5-9-20)13-11-22-12-14-24(30)28(22)15-7-2-1-6-10-25(31)32/h3-5,8-9,11,13,17,19,22H,1-2,6-7,10,12,14-16,18H2,(H,31,32)/t22-/m0/s1. The summed E-state index contributed by atoms with van der Waals surface area (Å²) in [7, 11) is 0. The highest BCUT2D eigenvalue weighted by Gasteiger charge is 2.28. The molecule has 170 valence electrons. The third-order valence-electron chi connectivity index (χ3n) is 5.67. The molecule has 0 radical (unpaired) electrons. The van der Waals surface area contributed by atoms with Crippen LogP contribution in [0.15, 0.2) is 54.9 Å². The van der Waals surface area contributed by atoms with Gasteiger partial charge in [-0.1, -0.05) is 49.2 Å². The van der Waals surface area contributed by atoms with Crippen LogP contribution >= 0.6 is 0 Å². The monoisotopic (exact) mass is 437 g/mol. The minimum atomic E-state index is -0.766. The van der Waals surface area contributed by atoms with E-state index in [-0.39, 0.29) is 30.6 Å². The fourth-order valence-corrected chi connectivity index (χ4v) is 3.99. The second-order valence-corrected chi connectivity index (χ2v) is 8.29. The van der Waals surface area contributed by atoms with E-state index in [1.54, 1.807) is 12.3 Å². The molecular weight excluding hydrogens is 406 g/mol. The van der Waals surface area contributed by atoms with Crippen LogP contribution in [0.3, 0.4) is 0 Å². The lowest BCUT2D eigenvalue weighted by Crippen LogP contribution is -2.32. The van der Waals surface area contributed by atoms with Crippen LogP contribution in [0.4, 0.5) is 0 Å². The second kappa shape index (κ2) is 12.0. The molecule has 1 aromatic carbocycles. The second-order valence-electron chi connectivity index (χ2n) is 8.29. The van der Waals surface area contributed by atoms with Gasteiger partial charge in [0.05, 0.1) is 18.8 Å². The van der Waals surface area contributed by atoms with E-state index < -0.39 is 5.97 Å². The molecule has 0 spiro atoms. The van der Waals surface area contributed by atoms with E-state index in [1.807, 2.05) is 52.2 Å². The van der Waals surface area contributed by atoms with E-state index in [0.717, 1.165) is 36.8 Å². The summed E-state index contributed by atoms with van der Waals surface area (Å²) in [6.07, 6.45) is 12.1. The van der Waals surface area contributed by atoms with E-state index in [4.69, 9.17) is 5.11 Å². The summed E-state index contributed by atoms with van der Waals surface area (Å²) in [5.74, 6) is -0.643. The highest BCUT2D eigenvalue weighted by molar-refractivity contribution is 5.91. The first kappa shape index (κ1) is 23.4. The lowest BCUT2D eigenvalue weighted by molar-refractivity contribution is -0.137. The fourth-order valence-electron chi connectivity index (χ4n) is 3.99. The van der Waals surface area contributed by atoms with Gasteiger partial charge >= 0.3 is 5.97 Å². The van der Waals surface area contributed by atoms with Gasteiger partial charge in [0, 0.05) is 32.0 Å². The van der Waals surface area contributed by atoms with Gasteiger partial charge in [0.25, 0.3) is 0 Å². The van der Waals surface area contributed by atoms with Crippen LogP contribution in [0.1, 0.15) is 56.1 Å². The van der Waals surface area contributed by atoms with Gasteiger partial charge in [-0.05, 0) is 36.5 Å². The highest BCUT2D eigenvalue weighted by Crippen LogP contribution is 2.21. The van der Waals surface area contributed by atoms with Crippen molar-refractivity contribution in [1.82, 2.24) is 14.7 Å². The Labute approximate surface area is 188 Å². The smallest absolute Gasteiger partial charge is 0.303 e. The Morgan fingerprint density at radius 2 is 1.88 bits per heavy atom. The molecule has 7 heteroatoms. The number of likely N-dealkylation sites (tertiary alicyclic amines) is 1. The third kappa shape index (κ3) is 7.48. The predicted molar refractivity (Wildman–Crippen MR) is 121 cm³/mol. The average Bonchev–Trinajstić information content (AvgIpc) is 3.35. The van der Waals surface area contributed by atoms with E-state index in [0.29, 0.717) is 25.9 Å². The topological polar surface area (TPSA) is 92.5 Å². The molecule has 1 fully saturated rings. The lowest BCUT2D eigenvalue weighted by Gasteiger charge is -2.22. The summed E-state index contributed by atoms with van der Waals surface area (Å²) < 4.78 is 1.83. The van der Waals surface area contributed by atoms with E-state index in [9.17, 15) is 14.4 Å². The quantitative estimate of drug-likeness (QED) is 0.382. The van der Waals surface area contributed by atoms with Gasteiger partial charge < -0.3 is 10.0 Å². The Balaban J connectivity index is 1.43. The lowest BCUT2D eigenvalue weighted by atomic mass is 10.1. The van der Waals surface area contributed by atoms with Gasteiger partial charge in [-0.25, -0.2) is 0 Å². The first-order chi connectivity index (χ1) is 15.5. The van der Waals surface area contributed by atoms with Gasteiger partial charge in [-0.15, -0.1) is 0 Å². The SMILES string of the molecule is O=C(O)CCCCCCN1C(=O)CC[C@@H]1C=CC(=O)Cc1cnn(Cc2ccccc2)c1. The number of carboxylic acids is 1. The molecule has 1 amide bonds. The van der Waals surface area contributed by atoms with Crippen molar-refractivity contribution >= 4 is 17.7 Å². The number of carboxylic acid groups (broad SMARTS) is 1. The van der Waals surface area contributed by atoms with Crippen molar-refractivity contribution in [2.45, 2.75) is 64.0 Å². The van der Waals surface area contributed by atoms with Gasteiger partial charge in [-0.3, -0.25) is 19.1 Å². The molecule has 7 nitrogen and oxygen atoms in total. The van der Waals surface area contributed by atoms with Crippen LogP contribution in [0.25, 0.3) is 0 Å². The molecule has 2 aromatic rings. The Morgan fingerprint density at radius 1 is 1.09 bits per heavy atom. The van der Waals surface area contributed by atoms with Gasteiger partial charge in [0.2, 0.25) is 5.91 Å². The van der Waals surface area contributed by atoms with Crippen LogP contribution in [0.2, 0.25) is 0 Å². The Kier molecular flexibility index (Phi) is 8.78. The minimum Gasteiger partial charge on any atom is -0.481 e. The third-order valence-corrected chi connectivity index (χ3v) is 5.67. The molecule has 1 aliphatic heterocycles. The number of carbonyl (C=O) groups excluding carboxylic acids is 2. The number of amides is 1. The number of carbonyl (C=O) groups is 3. The number of aromatic nitrogens is 2. The van der Waals surface area contributed by atoms with Gasteiger partial charge in [0.15, 0.2) is 5.78 Å².